The van der Waals surface area contributed by atoms with Gasteiger partial charge in [0.25, 0.3) is 5.91 Å². The van der Waals surface area contributed by atoms with Gasteiger partial charge in [-0.3, -0.25) is 4.79 Å². The molecule has 0 saturated carbocycles. The van der Waals surface area contributed by atoms with Crippen molar-refractivity contribution in [2.45, 2.75) is 37.7 Å². The summed E-state index contributed by atoms with van der Waals surface area (Å²) in [5, 5.41) is 0. The molecule has 6 nitrogen and oxygen atoms in total. The van der Waals surface area contributed by atoms with Crippen LogP contribution in [0.15, 0.2) is 23.1 Å². The molecule has 0 spiro atoms. The summed E-state index contributed by atoms with van der Waals surface area (Å²) in [7, 11) is -3.42. The van der Waals surface area contributed by atoms with Crippen molar-refractivity contribution >= 4 is 21.7 Å². The first-order valence-corrected chi connectivity index (χ1v) is 9.40. The zero-order valence-corrected chi connectivity index (χ0v) is 14.4. The van der Waals surface area contributed by atoms with Gasteiger partial charge in [0.2, 0.25) is 0 Å². The lowest BCUT2D eigenvalue weighted by Crippen LogP contribution is -2.38. The minimum absolute atomic E-state index is 0.0496. The van der Waals surface area contributed by atoms with Gasteiger partial charge in [-0.2, -0.15) is 0 Å². The van der Waals surface area contributed by atoms with Crippen molar-refractivity contribution in [3.63, 3.8) is 0 Å². The van der Waals surface area contributed by atoms with Crippen LogP contribution in [0.3, 0.4) is 0 Å². The highest BCUT2D eigenvalue weighted by Crippen LogP contribution is 2.18. The van der Waals surface area contributed by atoms with Crippen molar-refractivity contribution in [3.05, 3.63) is 29.3 Å². The third kappa shape index (κ3) is 4.10. The number of sulfone groups is 1. The summed E-state index contributed by atoms with van der Waals surface area (Å²) in [5.41, 5.74) is 0.761. The van der Waals surface area contributed by atoms with E-state index in [0.29, 0.717) is 18.7 Å². The number of rotatable bonds is 4. The molecule has 2 rings (SSSR count). The van der Waals surface area contributed by atoms with Crippen LogP contribution in [-0.2, 0) is 19.4 Å². The molecule has 0 radical (unpaired) electrons. The second-order valence-corrected chi connectivity index (χ2v) is 7.84. The maximum Gasteiger partial charge on any atom is 0.339 e. The Morgan fingerprint density at radius 2 is 1.83 bits per heavy atom. The van der Waals surface area contributed by atoms with E-state index in [-0.39, 0.29) is 16.4 Å². The zero-order chi connectivity index (χ0) is 17.2. The van der Waals surface area contributed by atoms with Gasteiger partial charge in [-0.1, -0.05) is 6.07 Å². The van der Waals surface area contributed by atoms with Crippen molar-refractivity contribution in [1.82, 2.24) is 4.90 Å². The first-order valence-electron chi connectivity index (χ1n) is 7.50. The van der Waals surface area contributed by atoms with Crippen molar-refractivity contribution in [3.8, 4) is 0 Å². The Hall–Kier alpha value is -1.89. The summed E-state index contributed by atoms with van der Waals surface area (Å²) >= 11 is 0. The minimum atomic E-state index is -3.42. The summed E-state index contributed by atoms with van der Waals surface area (Å²) in [6.45, 7) is 4.59. The highest BCUT2D eigenvalue weighted by molar-refractivity contribution is 7.90. The Labute approximate surface area is 136 Å². The fraction of sp³-hybridized carbons (Fsp3) is 0.500. The molecule has 1 atom stereocenters. The number of ether oxygens (including phenoxy) is 1. The lowest BCUT2D eigenvalue weighted by Gasteiger charge is -2.20. The summed E-state index contributed by atoms with van der Waals surface area (Å²) in [6, 6.07) is 4.29. The molecule has 1 aliphatic rings. The standard InChI is InChI=1S/C16H21NO5S/c1-11-6-7-13(23(3,20)21)10-14(11)16(19)22-12(2)15(18)17-8-4-5-9-17/h6-7,10,12H,4-5,8-9H2,1-3H3. The van der Waals surface area contributed by atoms with E-state index in [2.05, 4.69) is 0 Å². The molecule has 1 unspecified atom stereocenters. The van der Waals surface area contributed by atoms with Gasteiger partial charge in [0.1, 0.15) is 0 Å². The molecule has 23 heavy (non-hydrogen) atoms. The summed E-state index contributed by atoms with van der Waals surface area (Å²) in [6.07, 6.45) is 2.11. The molecule has 1 aliphatic heterocycles. The van der Waals surface area contributed by atoms with Crippen LogP contribution in [0.25, 0.3) is 0 Å². The number of carbonyl (C=O) groups is 2. The molecule has 0 N–H and O–H groups in total. The second kappa shape index (κ2) is 6.70. The van der Waals surface area contributed by atoms with Crippen LogP contribution in [0.2, 0.25) is 0 Å². The maximum absolute atomic E-state index is 12.3. The Kier molecular flexibility index (Phi) is 5.09. The Bertz CT molecular complexity index is 720. The average Bonchev–Trinajstić information content (AvgIpc) is 2.99. The lowest BCUT2D eigenvalue weighted by molar-refractivity contribution is -0.138. The van der Waals surface area contributed by atoms with Crippen LogP contribution in [0.4, 0.5) is 0 Å². The van der Waals surface area contributed by atoms with E-state index in [1.165, 1.54) is 19.1 Å². The summed E-state index contributed by atoms with van der Waals surface area (Å²) in [4.78, 5) is 26.2. The van der Waals surface area contributed by atoms with Gasteiger partial charge < -0.3 is 9.64 Å². The molecule has 0 aromatic heterocycles. The van der Waals surface area contributed by atoms with Gasteiger partial charge in [-0.25, -0.2) is 13.2 Å². The molecule has 1 saturated heterocycles. The molecule has 1 aromatic rings. The number of amides is 1. The number of hydrogen-bond acceptors (Lipinski definition) is 5. The van der Waals surface area contributed by atoms with Crippen LogP contribution in [0.1, 0.15) is 35.7 Å². The molecule has 1 aromatic carbocycles. The van der Waals surface area contributed by atoms with Crippen molar-refractivity contribution < 1.29 is 22.7 Å². The molecule has 0 aliphatic carbocycles. The van der Waals surface area contributed by atoms with Gasteiger partial charge in [0, 0.05) is 19.3 Å². The van der Waals surface area contributed by atoms with Crippen molar-refractivity contribution in [2.24, 2.45) is 0 Å². The molecule has 126 valence electrons. The minimum Gasteiger partial charge on any atom is -0.449 e. The Morgan fingerprint density at radius 3 is 2.39 bits per heavy atom. The van der Waals surface area contributed by atoms with Gasteiger partial charge in [-0.05, 0) is 44.4 Å². The van der Waals surface area contributed by atoms with Gasteiger partial charge in [-0.15, -0.1) is 0 Å². The van der Waals surface area contributed by atoms with Crippen molar-refractivity contribution in [2.75, 3.05) is 19.3 Å². The number of aryl methyl sites for hydroxylation is 1. The topological polar surface area (TPSA) is 80.7 Å². The molecular weight excluding hydrogens is 318 g/mol. The third-order valence-corrected chi connectivity index (χ3v) is 5.02. The molecule has 1 fully saturated rings. The molecule has 0 bridgehead atoms. The van der Waals surface area contributed by atoms with E-state index in [0.717, 1.165) is 19.1 Å². The quantitative estimate of drug-likeness (QED) is 0.778. The van der Waals surface area contributed by atoms with E-state index in [1.54, 1.807) is 17.9 Å². The fourth-order valence-corrected chi connectivity index (χ4v) is 3.17. The predicted octanol–water partition coefficient (Wildman–Crippen LogP) is 1.57. The van der Waals surface area contributed by atoms with Gasteiger partial charge in [0.05, 0.1) is 10.5 Å². The number of esters is 1. The monoisotopic (exact) mass is 339 g/mol. The third-order valence-electron chi connectivity index (χ3n) is 3.91. The van der Waals surface area contributed by atoms with E-state index in [9.17, 15) is 18.0 Å². The number of carbonyl (C=O) groups excluding carboxylic acids is 2. The molecule has 7 heteroatoms. The number of benzene rings is 1. The first-order chi connectivity index (χ1) is 10.7. The Balaban J connectivity index is 2.15. The van der Waals surface area contributed by atoms with E-state index >= 15 is 0 Å². The van der Waals surface area contributed by atoms with Crippen LogP contribution in [0.5, 0.6) is 0 Å². The SMILES string of the molecule is Cc1ccc(S(C)(=O)=O)cc1C(=O)OC(C)C(=O)N1CCCC1. The van der Waals surface area contributed by atoms with Crippen LogP contribution in [-0.4, -0.2) is 50.6 Å². The average molecular weight is 339 g/mol. The molecule has 1 amide bonds. The van der Waals surface area contributed by atoms with E-state index in [4.69, 9.17) is 4.74 Å². The van der Waals surface area contributed by atoms with Crippen LogP contribution in [0, 0.1) is 6.92 Å². The highest BCUT2D eigenvalue weighted by atomic mass is 32.2. The number of nitrogens with zero attached hydrogens (tertiary/aromatic N) is 1. The lowest BCUT2D eigenvalue weighted by atomic mass is 10.1. The predicted molar refractivity (Wildman–Crippen MR) is 85.0 cm³/mol. The fourth-order valence-electron chi connectivity index (χ4n) is 2.52. The van der Waals surface area contributed by atoms with Gasteiger partial charge in [0.15, 0.2) is 15.9 Å². The van der Waals surface area contributed by atoms with Gasteiger partial charge >= 0.3 is 5.97 Å². The van der Waals surface area contributed by atoms with Crippen LogP contribution >= 0.6 is 0 Å². The van der Waals surface area contributed by atoms with Crippen molar-refractivity contribution in [1.29, 1.82) is 0 Å². The Morgan fingerprint density at radius 1 is 1.22 bits per heavy atom. The number of likely N-dealkylation sites (tertiary alicyclic amines) is 1. The number of hydrogen-bond donors (Lipinski definition) is 0. The second-order valence-electron chi connectivity index (χ2n) is 5.83. The molecule has 1 heterocycles. The summed E-state index contributed by atoms with van der Waals surface area (Å²) < 4.78 is 28.5. The van der Waals surface area contributed by atoms with E-state index < -0.39 is 21.9 Å². The smallest absolute Gasteiger partial charge is 0.339 e. The van der Waals surface area contributed by atoms with Crippen LogP contribution < -0.4 is 0 Å². The normalized spacial score (nSPS) is 16.2. The zero-order valence-electron chi connectivity index (χ0n) is 13.5. The van der Waals surface area contributed by atoms with E-state index in [1.807, 2.05) is 0 Å². The largest absolute Gasteiger partial charge is 0.449 e. The molecular formula is C16H21NO5S. The first kappa shape index (κ1) is 17.5. The summed E-state index contributed by atoms with van der Waals surface area (Å²) in [5.74, 6) is -0.902. The highest BCUT2D eigenvalue weighted by Gasteiger charge is 2.27. The maximum atomic E-state index is 12.3.